The van der Waals surface area contributed by atoms with Crippen molar-refractivity contribution < 1.29 is 4.79 Å². The number of hydrogen-bond acceptors (Lipinski definition) is 3. The fourth-order valence-electron chi connectivity index (χ4n) is 1.91. The van der Waals surface area contributed by atoms with Crippen LogP contribution < -0.4 is 0 Å². The molecule has 0 saturated carbocycles. The predicted octanol–water partition coefficient (Wildman–Crippen LogP) is 1.13. The minimum atomic E-state index is 0. The summed E-state index contributed by atoms with van der Waals surface area (Å²) in [6.45, 7) is 11.4. The third-order valence-electron chi connectivity index (χ3n) is 3.18. The molecule has 0 atom stereocenters. The van der Waals surface area contributed by atoms with Crippen LogP contribution in [0.5, 0.6) is 0 Å². The van der Waals surface area contributed by atoms with E-state index in [9.17, 15) is 4.79 Å². The van der Waals surface area contributed by atoms with E-state index in [0.29, 0.717) is 6.54 Å². The van der Waals surface area contributed by atoms with Crippen molar-refractivity contribution in [1.29, 1.82) is 0 Å². The highest BCUT2D eigenvalue weighted by atomic mass is 16.2. The minimum Gasteiger partial charge on any atom is -0.348 e. The Labute approximate surface area is 107 Å². The Morgan fingerprint density at radius 2 is 1.59 bits per heavy atom. The Hall–Kier alpha value is -0.610. The lowest BCUT2D eigenvalue weighted by Gasteiger charge is -2.42. The molecule has 0 aliphatic carbocycles. The standard InChI is InChI=1S/C12H25N3O.CH4/c1-12(2,3)15-8-6-14(7-9-15)10-11(16)13(4)5;/h6-10H2,1-5H3;1H4. The second kappa shape index (κ2) is 6.36. The molecule has 0 unspecified atom stereocenters. The summed E-state index contributed by atoms with van der Waals surface area (Å²) in [5.74, 6) is 0.198. The van der Waals surface area contributed by atoms with Gasteiger partial charge in [-0.25, -0.2) is 0 Å². The Morgan fingerprint density at radius 1 is 1.12 bits per heavy atom. The normalized spacial score (nSPS) is 18.6. The SMILES string of the molecule is C.CN(C)C(=O)CN1CCN(C(C)(C)C)CC1. The first kappa shape index (κ1) is 16.4. The van der Waals surface area contributed by atoms with Gasteiger partial charge in [0.1, 0.15) is 0 Å². The maximum Gasteiger partial charge on any atom is 0.236 e. The van der Waals surface area contributed by atoms with Crippen LogP contribution in [0.3, 0.4) is 0 Å². The number of amides is 1. The van der Waals surface area contributed by atoms with Crippen molar-refractivity contribution in [2.75, 3.05) is 46.8 Å². The summed E-state index contributed by atoms with van der Waals surface area (Å²) in [4.78, 5) is 17.9. The van der Waals surface area contributed by atoms with E-state index < -0.39 is 0 Å². The van der Waals surface area contributed by atoms with E-state index in [-0.39, 0.29) is 18.9 Å². The van der Waals surface area contributed by atoms with Crippen LogP contribution in [0, 0.1) is 0 Å². The molecule has 1 amide bonds. The van der Waals surface area contributed by atoms with E-state index in [1.54, 1.807) is 4.90 Å². The number of piperazine rings is 1. The van der Waals surface area contributed by atoms with E-state index in [4.69, 9.17) is 0 Å². The van der Waals surface area contributed by atoms with Crippen LogP contribution >= 0.6 is 0 Å². The maximum absolute atomic E-state index is 11.6. The molecule has 1 fully saturated rings. The van der Waals surface area contributed by atoms with E-state index in [1.807, 2.05) is 14.1 Å². The average molecular weight is 243 g/mol. The summed E-state index contributed by atoms with van der Waals surface area (Å²) in [6.07, 6.45) is 0. The highest BCUT2D eigenvalue weighted by Gasteiger charge is 2.26. The van der Waals surface area contributed by atoms with Crippen LogP contribution in [-0.4, -0.2) is 73.0 Å². The molecule has 0 aromatic rings. The second-order valence-corrected chi connectivity index (χ2v) is 5.72. The molecule has 1 saturated heterocycles. The van der Waals surface area contributed by atoms with Crippen molar-refractivity contribution in [2.24, 2.45) is 0 Å². The summed E-state index contributed by atoms with van der Waals surface area (Å²) in [5.41, 5.74) is 0.248. The maximum atomic E-state index is 11.6. The van der Waals surface area contributed by atoms with Gasteiger partial charge in [-0.3, -0.25) is 14.6 Å². The van der Waals surface area contributed by atoms with Gasteiger partial charge in [-0.2, -0.15) is 0 Å². The predicted molar refractivity (Wildman–Crippen MR) is 73.2 cm³/mol. The van der Waals surface area contributed by atoms with Gasteiger partial charge in [0, 0.05) is 45.8 Å². The largest absolute Gasteiger partial charge is 0.348 e. The molecule has 0 aromatic heterocycles. The molecule has 4 heteroatoms. The van der Waals surface area contributed by atoms with E-state index in [0.717, 1.165) is 26.2 Å². The number of hydrogen-bond donors (Lipinski definition) is 0. The molecule has 1 rings (SSSR count). The van der Waals surface area contributed by atoms with Crippen molar-refractivity contribution in [2.45, 2.75) is 33.7 Å². The zero-order chi connectivity index (χ0) is 12.3. The van der Waals surface area contributed by atoms with Gasteiger partial charge in [-0.15, -0.1) is 0 Å². The first-order chi connectivity index (χ1) is 7.30. The molecule has 102 valence electrons. The van der Waals surface area contributed by atoms with Gasteiger partial charge >= 0.3 is 0 Å². The van der Waals surface area contributed by atoms with Gasteiger partial charge in [0.25, 0.3) is 0 Å². The van der Waals surface area contributed by atoms with Gasteiger partial charge < -0.3 is 4.90 Å². The fraction of sp³-hybridized carbons (Fsp3) is 0.923. The fourth-order valence-corrected chi connectivity index (χ4v) is 1.91. The molecule has 17 heavy (non-hydrogen) atoms. The summed E-state index contributed by atoms with van der Waals surface area (Å²) in [5, 5.41) is 0. The Kier molecular flexibility index (Phi) is 6.13. The number of carbonyl (C=O) groups excluding carboxylic acids is 1. The molecule has 1 heterocycles. The molecule has 0 bridgehead atoms. The van der Waals surface area contributed by atoms with E-state index in [1.165, 1.54) is 0 Å². The van der Waals surface area contributed by atoms with Crippen molar-refractivity contribution in [3.8, 4) is 0 Å². The van der Waals surface area contributed by atoms with Gasteiger partial charge in [0.2, 0.25) is 5.91 Å². The van der Waals surface area contributed by atoms with Crippen LogP contribution in [0.2, 0.25) is 0 Å². The zero-order valence-electron chi connectivity index (χ0n) is 11.3. The molecule has 0 radical (unpaired) electrons. The number of likely N-dealkylation sites (N-methyl/N-ethyl adjacent to an activating group) is 1. The van der Waals surface area contributed by atoms with E-state index in [2.05, 4.69) is 30.6 Å². The highest BCUT2D eigenvalue weighted by molar-refractivity contribution is 5.77. The molecular weight excluding hydrogens is 214 g/mol. The molecule has 0 spiro atoms. The van der Waals surface area contributed by atoms with Crippen molar-refractivity contribution >= 4 is 5.91 Å². The first-order valence-corrected chi connectivity index (χ1v) is 5.98. The van der Waals surface area contributed by atoms with Crippen molar-refractivity contribution in [1.82, 2.24) is 14.7 Å². The van der Waals surface area contributed by atoms with Crippen molar-refractivity contribution in [3.05, 3.63) is 0 Å². The number of nitrogens with zero attached hydrogens (tertiary/aromatic N) is 3. The average Bonchev–Trinajstić information content (AvgIpc) is 2.17. The Morgan fingerprint density at radius 3 is 1.94 bits per heavy atom. The number of rotatable bonds is 2. The van der Waals surface area contributed by atoms with Crippen molar-refractivity contribution in [3.63, 3.8) is 0 Å². The Bertz CT molecular complexity index is 238. The van der Waals surface area contributed by atoms with Gasteiger partial charge in [-0.1, -0.05) is 7.43 Å². The molecule has 4 nitrogen and oxygen atoms in total. The molecule has 0 aromatic carbocycles. The minimum absolute atomic E-state index is 0. The lowest BCUT2D eigenvalue weighted by Crippen LogP contribution is -2.54. The van der Waals surface area contributed by atoms with Gasteiger partial charge in [0.15, 0.2) is 0 Å². The topological polar surface area (TPSA) is 26.8 Å². The smallest absolute Gasteiger partial charge is 0.236 e. The van der Waals surface area contributed by atoms with Crippen LogP contribution in [0.1, 0.15) is 28.2 Å². The Balaban J connectivity index is 0.00000256. The number of carbonyl (C=O) groups is 1. The monoisotopic (exact) mass is 243 g/mol. The second-order valence-electron chi connectivity index (χ2n) is 5.72. The summed E-state index contributed by atoms with van der Waals surface area (Å²) in [7, 11) is 3.63. The zero-order valence-corrected chi connectivity index (χ0v) is 11.3. The third kappa shape index (κ3) is 5.04. The summed E-state index contributed by atoms with van der Waals surface area (Å²) >= 11 is 0. The first-order valence-electron chi connectivity index (χ1n) is 5.98. The quantitative estimate of drug-likeness (QED) is 0.727. The van der Waals surface area contributed by atoms with Crippen LogP contribution in [0.15, 0.2) is 0 Å². The van der Waals surface area contributed by atoms with Crippen LogP contribution in [0.4, 0.5) is 0 Å². The van der Waals surface area contributed by atoms with Gasteiger partial charge in [0.05, 0.1) is 6.54 Å². The summed E-state index contributed by atoms with van der Waals surface area (Å²) in [6, 6.07) is 0. The molecular formula is C13H29N3O. The van der Waals surface area contributed by atoms with Crippen LogP contribution in [-0.2, 0) is 4.79 Å². The lowest BCUT2D eigenvalue weighted by atomic mass is 10.1. The molecule has 1 aliphatic rings. The third-order valence-corrected chi connectivity index (χ3v) is 3.18. The lowest BCUT2D eigenvalue weighted by molar-refractivity contribution is -0.130. The highest BCUT2D eigenvalue weighted by Crippen LogP contribution is 2.15. The van der Waals surface area contributed by atoms with E-state index >= 15 is 0 Å². The van der Waals surface area contributed by atoms with Gasteiger partial charge in [-0.05, 0) is 20.8 Å². The summed E-state index contributed by atoms with van der Waals surface area (Å²) < 4.78 is 0. The molecule has 0 N–H and O–H groups in total. The van der Waals surface area contributed by atoms with Crippen LogP contribution in [0.25, 0.3) is 0 Å². The molecule has 1 aliphatic heterocycles.